The van der Waals surface area contributed by atoms with Gasteiger partial charge in [-0.25, -0.2) is 13.2 Å². The van der Waals surface area contributed by atoms with Crippen molar-refractivity contribution in [1.82, 2.24) is 0 Å². The number of halogens is 3. The first-order valence-corrected chi connectivity index (χ1v) is 5.35. The van der Waals surface area contributed by atoms with Gasteiger partial charge in [0.1, 0.15) is 16.9 Å². The maximum Gasteiger partial charge on any atom is 0.238 e. The molecule has 0 unspecified atom stereocenters. The zero-order chi connectivity index (χ0) is 14.2. The van der Waals surface area contributed by atoms with Gasteiger partial charge in [0, 0.05) is 12.1 Å². The van der Waals surface area contributed by atoms with Crippen LogP contribution in [0, 0.1) is 22.9 Å². The molecule has 0 radical (unpaired) electrons. The molecule has 1 fully saturated rings. The summed E-state index contributed by atoms with van der Waals surface area (Å²) in [6.07, 6.45) is 0.609. The van der Waals surface area contributed by atoms with E-state index in [2.05, 4.69) is 5.16 Å². The molecular formula is C11H10F3N3O2. The monoisotopic (exact) mass is 273 g/mol. The summed E-state index contributed by atoms with van der Waals surface area (Å²) in [4.78, 5) is 11.9. The highest BCUT2D eigenvalue weighted by Gasteiger charge is 2.54. The lowest BCUT2D eigenvalue weighted by Gasteiger charge is -2.14. The maximum atomic E-state index is 13.4. The highest BCUT2D eigenvalue weighted by Crippen LogP contribution is 2.46. The minimum Gasteiger partial charge on any atom is -0.409 e. The number of hydrogen-bond donors (Lipinski definition) is 3. The Morgan fingerprint density at radius 1 is 1.32 bits per heavy atom. The van der Waals surface area contributed by atoms with E-state index < -0.39 is 34.5 Å². The van der Waals surface area contributed by atoms with Crippen molar-refractivity contribution in [1.29, 1.82) is 0 Å². The van der Waals surface area contributed by atoms with Crippen LogP contribution in [-0.4, -0.2) is 17.0 Å². The maximum absolute atomic E-state index is 13.4. The molecule has 5 nitrogen and oxygen atoms in total. The molecule has 0 aromatic heterocycles. The molecule has 8 heteroatoms. The molecular weight excluding hydrogens is 263 g/mol. The minimum atomic E-state index is -1.25. The van der Waals surface area contributed by atoms with Crippen molar-refractivity contribution >= 4 is 17.4 Å². The first-order chi connectivity index (χ1) is 8.90. The Morgan fingerprint density at radius 2 is 1.84 bits per heavy atom. The van der Waals surface area contributed by atoms with Crippen LogP contribution in [0.5, 0.6) is 0 Å². The lowest BCUT2D eigenvalue weighted by molar-refractivity contribution is -0.119. The fourth-order valence-corrected chi connectivity index (χ4v) is 1.72. The minimum absolute atomic E-state index is 0.305. The first-order valence-electron chi connectivity index (χ1n) is 5.35. The number of anilines is 1. The van der Waals surface area contributed by atoms with Gasteiger partial charge < -0.3 is 16.3 Å². The van der Waals surface area contributed by atoms with Gasteiger partial charge in [-0.05, 0) is 12.8 Å². The average Bonchev–Trinajstić information content (AvgIpc) is 3.13. The molecule has 0 atom stereocenters. The number of amidine groups is 1. The lowest BCUT2D eigenvalue weighted by atomic mass is 10.1. The van der Waals surface area contributed by atoms with Crippen LogP contribution in [0.25, 0.3) is 0 Å². The Kier molecular flexibility index (Phi) is 3.09. The zero-order valence-corrected chi connectivity index (χ0v) is 9.58. The Balaban J connectivity index is 2.26. The van der Waals surface area contributed by atoms with E-state index >= 15 is 0 Å². The van der Waals surface area contributed by atoms with Crippen LogP contribution >= 0.6 is 0 Å². The fraction of sp³-hybridized carbons (Fsp3) is 0.273. The number of benzene rings is 1. The molecule has 1 saturated carbocycles. The van der Waals surface area contributed by atoms with E-state index in [-0.39, 0.29) is 5.84 Å². The van der Waals surface area contributed by atoms with Gasteiger partial charge in [-0.2, -0.15) is 0 Å². The van der Waals surface area contributed by atoms with Crippen LogP contribution in [0.1, 0.15) is 12.8 Å². The number of nitrogens with two attached hydrogens (primary N) is 1. The predicted octanol–water partition coefficient (Wildman–Crippen LogP) is 1.57. The van der Waals surface area contributed by atoms with E-state index in [1.807, 2.05) is 5.32 Å². The SMILES string of the molecule is NC(=NO)C1(C(=O)Nc2c(F)cc(F)cc2F)CC1. The van der Waals surface area contributed by atoms with E-state index in [0.717, 1.165) is 0 Å². The van der Waals surface area contributed by atoms with Gasteiger partial charge in [-0.1, -0.05) is 5.16 Å². The zero-order valence-electron chi connectivity index (χ0n) is 9.58. The van der Waals surface area contributed by atoms with Crippen molar-refractivity contribution in [2.24, 2.45) is 16.3 Å². The summed E-state index contributed by atoms with van der Waals surface area (Å²) in [6, 6.07) is 0.892. The van der Waals surface area contributed by atoms with Crippen LogP contribution in [0.3, 0.4) is 0 Å². The largest absolute Gasteiger partial charge is 0.409 e. The number of carbonyl (C=O) groups excluding carboxylic acids is 1. The highest BCUT2D eigenvalue weighted by molar-refractivity contribution is 6.14. The summed E-state index contributed by atoms with van der Waals surface area (Å²) in [5.41, 5.74) is 3.35. The van der Waals surface area contributed by atoms with Gasteiger partial charge in [-0.3, -0.25) is 4.79 Å². The van der Waals surface area contributed by atoms with E-state index in [1.165, 1.54) is 0 Å². The third kappa shape index (κ3) is 2.20. The van der Waals surface area contributed by atoms with Crippen LogP contribution in [0.2, 0.25) is 0 Å². The van der Waals surface area contributed by atoms with E-state index in [9.17, 15) is 18.0 Å². The Labute approximate surface area is 105 Å². The van der Waals surface area contributed by atoms with Crippen LogP contribution in [0.4, 0.5) is 18.9 Å². The van der Waals surface area contributed by atoms with Gasteiger partial charge in [0.25, 0.3) is 0 Å². The van der Waals surface area contributed by atoms with Gasteiger partial charge in [-0.15, -0.1) is 0 Å². The molecule has 1 aliphatic carbocycles. The molecule has 1 aromatic rings. The average molecular weight is 273 g/mol. The number of carbonyl (C=O) groups is 1. The molecule has 0 aliphatic heterocycles. The molecule has 102 valence electrons. The Bertz CT molecular complexity index is 547. The quantitative estimate of drug-likeness (QED) is 0.338. The summed E-state index contributed by atoms with van der Waals surface area (Å²) in [5, 5.41) is 13.3. The molecule has 19 heavy (non-hydrogen) atoms. The second-order valence-electron chi connectivity index (χ2n) is 4.27. The van der Waals surface area contributed by atoms with Crippen molar-refractivity contribution in [3.63, 3.8) is 0 Å². The molecule has 0 saturated heterocycles. The Hall–Kier alpha value is -2.25. The van der Waals surface area contributed by atoms with E-state index in [0.29, 0.717) is 25.0 Å². The van der Waals surface area contributed by atoms with Gasteiger partial charge in [0.15, 0.2) is 17.5 Å². The predicted molar refractivity (Wildman–Crippen MR) is 60.0 cm³/mol. The third-order valence-electron chi connectivity index (χ3n) is 3.03. The molecule has 1 amide bonds. The van der Waals surface area contributed by atoms with E-state index in [4.69, 9.17) is 10.9 Å². The molecule has 0 heterocycles. The number of nitrogens with zero attached hydrogens (tertiary/aromatic N) is 1. The number of nitrogens with one attached hydrogen (secondary N) is 1. The highest BCUT2D eigenvalue weighted by atomic mass is 19.1. The van der Waals surface area contributed by atoms with Crippen molar-refractivity contribution in [2.45, 2.75) is 12.8 Å². The number of oxime groups is 1. The van der Waals surface area contributed by atoms with Crippen LogP contribution in [-0.2, 0) is 4.79 Å². The second-order valence-corrected chi connectivity index (χ2v) is 4.27. The van der Waals surface area contributed by atoms with Gasteiger partial charge in [0.2, 0.25) is 5.91 Å². The third-order valence-corrected chi connectivity index (χ3v) is 3.03. The lowest BCUT2D eigenvalue weighted by Crippen LogP contribution is -2.37. The number of rotatable bonds is 3. The molecule has 0 bridgehead atoms. The summed E-state index contributed by atoms with van der Waals surface area (Å²) < 4.78 is 39.4. The molecule has 2 rings (SSSR count). The van der Waals surface area contributed by atoms with Crippen molar-refractivity contribution in [3.05, 3.63) is 29.6 Å². The molecule has 4 N–H and O–H groups in total. The molecule has 1 aromatic carbocycles. The smallest absolute Gasteiger partial charge is 0.238 e. The molecule has 0 spiro atoms. The second kappa shape index (κ2) is 4.45. The van der Waals surface area contributed by atoms with Gasteiger partial charge in [0.05, 0.1) is 0 Å². The van der Waals surface area contributed by atoms with E-state index in [1.54, 1.807) is 0 Å². The molecule has 1 aliphatic rings. The van der Waals surface area contributed by atoms with Gasteiger partial charge >= 0.3 is 0 Å². The van der Waals surface area contributed by atoms with Crippen molar-refractivity contribution < 1.29 is 23.2 Å². The summed E-state index contributed by atoms with van der Waals surface area (Å²) >= 11 is 0. The standard InChI is InChI=1S/C11H10F3N3O2/c12-5-3-6(13)8(7(14)4-5)16-10(18)11(1-2-11)9(15)17-19/h3-4,19H,1-2H2,(H2,15,17)(H,16,18). The summed E-state index contributed by atoms with van der Waals surface area (Å²) in [6.45, 7) is 0. The topological polar surface area (TPSA) is 87.7 Å². The number of amides is 1. The van der Waals surface area contributed by atoms with Crippen molar-refractivity contribution in [3.8, 4) is 0 Å². The van der Waals surface area contributed by atoms with Crippen molar-refractivity contribution in [2.75, 3.05) is 5.32 Å². The van der Waals surface area contributed by atoms with Crippen LogP contribution in [0.15, 0.2) is 17.3 Å². The Morgan fingerprint density at radius 3 is 2.26 bits per heavy atom. The normalized spacial score (nSPS) is 17.1. The first kappa shape index (κ1) is 13.2. The summed E-state index contributed by atoms with van der Waals surface area (Å²) in [5.74, 6) is -4.69. The number of hydrogen-bond acceptors (Lipinski definition) is 3. The van der Waals surface area contributed by atoms with Crippen LogP contribution < -0.4 is 11.1 Å². The summed E-state index contributed by atoms with van der Waals surface area (Å²) in [7, 11) is 0. The fourth-order valence-electron chi connectivity index (χ4n) is 1.72.